The molecule has 4 rings (SSSR count). The topological polar surface area (TPSA) is 50.8 Å². The molecule has 130 valence electrons. The lowest BCUT2D eigenvalue weighted by atomic mass is 9.88. The van der Waals surface area contributed by atoms with E-state index in [9.17, 15) is 4.79 Å². The van der Waals surface area contributed by atoms with Gasteiger partial charge in [-0.15, -0.1) is 0 Å². The molecule has 1 amide bonds. The second kappa shape index (κ2) is 6.73. The lowest BCUT2D eigenvalue weighted by molar-refractivity contribution is -0.143. The molecule has 1 saturated carbocycles. The zero-order valence-corrected chi connectivity index (χ0v) is 14.1. The highest BCUT2D eigenvalue weighted by atomic mass is 16.6. The number of rotatable bonds is 2. The Kier molecular flexibility index (Phi) is 4.46. The summed E-state index contributed by atoms with van der Waals surface area (Å²) in [6.07, 6.45) is 5.73. The van der Waals surface area contributed by atoms with Crippen LogP contribution in [0.3, 0.4) is 0 Å². The van der Waals surface area contributed by atoms with Crippen LogP contribution in [0.2, 0.25) is 0 Å². The summed E-state index contributed by atoms with van der Waals surface area (Å²) in [4.78, 5) is 14.2. The Bertz CT molecular complexity index is 571. The quantitative estimate of drug-likeness (QED) is 0.906. The van der Waals surface area contributed by atoms with Gasteiger partial charge < -0.3 is 14.4 Å². The van der Waals surface area contributed by atoms with Crippen molar-refractivity contribution in [2.75, 3.05) is 19.7 Å². The third-order valence-corrected chi connectivity index (χ3v) is 5.59. The van der Waals surface area contributed by atoms with E-state index in [0.717, 1.165) is 38.1 Å². The van der Waals surface area contributed by atoms with Crippen molar-refractivity contribution < 1.29 is 14.3 Å². The van der Waals surface area contributed by atoms with E-state index in [-0.39, 0.29) is 11.8 Å². The van der Waals surface area contributed by atoms with Crippen LogP contribution >= 0.6 is 0 Å². The molecule has 1 aromatic carbocycles. The molecule has 0 aromatic heterocycles. The van der Waals surface area contributed by atoms with Gasteiger partial charge in [0.25, 0.3) is 0 Å². The minimum absolute atomic E-state index is 0.136. The SMILES string of the molecule is O=C(OCc1ccccc1)N1CC2COC3(CCCCC3)NC2C1. The van der Waals surface area contributed by atoms with Gasteiger partial charge in [-0.3, -0.25) is 5.32 Å². The fraction of sp³-hybridized carbons (Fsp3) is 0.632. The Balaban J connectivity index is 1.32. The van der Waals surface area contributed by atoms with Gasteiger partial charge in [-0.1, -0.05) is 36.8 Å². The first-order valence-electron chi connectivity index (χ1n) is 9.11. The van der Waals surface area contributed by atoms with Crippen LogP contribution < -0.4 is 5.32 Å². The number of ether oxygens (including phenoxy) is 2. The molecule has 1 spiro atoms. The van der Waals surface area contributed by atoms with E-state index in [1.165, 1.54) is 19.3 Å². The van der Waals surface area contributed by atoms with E-state index in [1.807, 2.05) is 35.2 Å². The van der Waals surface area contributed by atoms with Crippen molar-refractivity contribution in [3.63, 3.8) is 0 Å². The van der Waals surface area contributed by atoms with Crippen LogP contribution in [0.1, 0.15) is 37.7 Å². The van der Waals surface area contributed by atoms with Gasteiger partial charge in [0.2, 0.25) is 0 Å². The largest absolute Gasteiger partial charge is 0.445 e. The van der Waals surface area contributed by atoms with Crippen LogP contribution in [0.5, 0.6) is 0 Å². The predicted octanol–water partition coefficient (Wildman–Crippen LogP) is 2.90. The van der Waals surface area contributed by atoms with E-state index >= 15 is 0 Å². The van der Waals surface area contributed by atoms with Crippen molar-refractivity contribution in [2.45, 2.75) is 50.5 Å². The van der Waals surface area contributed by atoms with E-state index in [4.69, 9.17) is 9.47 Å². The maximum absolute atomic E-state index is 12.4. The molecule has 1 aliphatic carbocycles. The number of nitrogens with zero attached hydrogens (tertiary/aromatic N) is 1. The summed E-state index contributed by atoms with van der Waals surface area (Å²) >= 11 is 0. The zero-order chi connectivity index (χ0) is 16.4. The summed E-state index contributed by atoms with van der Waals surface area (Å²) in [5, 5.41) is 3.72. The Hall–Kier alpha value is -1.59. The fourth-order valence-corrected chi connectivity index (χ4v) is 4.22. The molecule has 1 aromatic rings. The van der Waals surface area contributed by atoms with E-state index in [1.54, 1.807) is 0 Å². The monoisotopic (exact) mass is 330 g/mol. The number of carbonyl (C=O) groups excluding carboxylic acids is 1. The highest BCUT2D eigenvalue weighted by Gasteiger charge is 2.46. The van der Waals surface area contributed by atoms with Crippen molar-refractivity contribution in [3.05, 3.63) is 35.9 Å². The molecule has 0 bridgehead atoms. The molecule has 3 aliphatic rings. The average Bonchev–Trinajstić information content (AvgIpc) is 3.04. The maximum atomic E-state index is 12.4. The Labute approximate surface area is 143 Å². The number of fused-ring (bicyclic) bond motifs is 1. The summed E-state index contributed by atoms with van der Waals surface area (Å²) in [7, 11) is 0. The van der Waals surface area contributed by atoms with Gasteiger partial charge in [-0.05, 0) is 31.2 Å². The Morgan fingerprint density at radius 3 is 2.79 bits per heavy atom. The zero-order valence-electron chi connectivity index (χ0n) is 14.1. The smallest absolute Gasteiger partial charge is 0.410 e. The minimum atomic E-state index is -0.215. The molecule has 2 heterocycles. The first-order chi connectivity index (χ1) is 11.7. The van der Waals surface area contributed by atoms with Crippen molar-refractivity contribution >= 4 is 6.09 Å². The molecule has 1 N–H and O–H groups in total. The lowest BCUT2D eigenvalue weighted by Crippen LogP contribution is -2.60. The van der Waals surface area contributed by atoms with Gasteiger partial charge in [0.1, 0.15) is 12.3 Å². The second-order valence-electron chi connectivity index (χ2n) is 7.32. The molecular formula is C19H26N2O3. The van der Waals surface area contributed by atoms with Gasteiger partial charge in [0.05, 0.1) is 6.61 Å². The van der Waals surface area contributed by atoms with Crippen molar-refractivity contribution in [1.29, 1.82) is 0 Å². The molecule has 0 radical (unpaired) electrons. The molecule has 2 saturated heterocycles. The number of hydrogen-bond donors (Lipinski definition) is 1. The summed E-state index contributed by atoms with van der Waals surface area (Å²) in [5.41, 5.74) is 0.883. The molecule has 2 aliphatic heterocycles. The Morgan fingerprint density at radius 2 is 2.00 bits per heavy atom. The summed E-state index contributed by atoms with van der Waals surface area (Å²) in [6, 6.07) is 10.2. The van der Waals surface area contributed by atoms with Crippen LogP contribution in [-0.4, -0.2) is 42.5 Å². The predicted molar refractivity (Wildman–Crippen MR) is 90.4 cm³/mol. The summed E-state index contributed by atoms with van der Waals surface area (Å²) in [5.74, 6) is 0.377. The van der Waals surface area contributed by atoms with Crippen molar-refractivity contribution in [1.82, 2.24) is 10.2 Å². The third-order valence-electron chi connectivity index (χ3n) is 5.59. The van der Waals surface area contributed by atoms with Crippen molar-refractivity contribution in [3.8, 4) is 0 Å². The first-order valence-corrected chi connectivity index (χ1v) is 9.11. The summed E-state index contributed by atoms with van der Waals surface area (Å²) in [6.45, 7) is 2.53. The number of benzene rings is 1. The van der Waals surface area contributed by atoms with Crippen LogP contribution in [-0.2, 0) is 16.1 Å². The second-order valence-corrected chi connectivity index (χ2v) is 7.32. The molecule has 3 fully saturated rings. The minimum Gasteiger partial charge on any atom is -0.445 e. The lowest BCUT2D eigenvalue weighted by Gasteiger charge is -2.45. The average molecular weight is 330 g/mol. The van der Waals surface area contributed by atoms with Gasteiger partial charge >= 0.3 is 6.09 Å². The molecule has 5 heteroatoms. The molecule has 24 heavy (non-hydrogen) atoms. The standard InChI is InChI=1S/C19H26N2O3/c22-18(23-13-15-7-3-1-4-8-15)21-11-16-14-24-19(20-17(16)12-21)9-5-2-6-10-19/h1,3-4,7-8,16-17,20H,2,5-6,9-14H2. The number of nitrogens with one attached hydrogen (secondary N) is 1. The van der Waals surface area contributed by atoms with Crippen molar-refractivity contribution in [2.24, 2.45) is 5.92 Å². The number of likely N-dealkylation sites (tertiary alicyclic amines) is 1. The number of hydrogen-bond acceptors (Lipinski definition) is 4. The van der Waals surface area contributed by atoms with Gasteiger partial charge in [-0.2, -0.15) is 0 Å². The molecular weight excluding hydrogens is 304 g/mol. The van der Waals surface area contributed by atoms with Crippen LogP contribution in [0, 0.1) is 5.92 Å². The number of amides is 1. The normalized spacial score (nSPS) is 28.6. The van der Waals surface area contributed by atoms with Crippen LogP contribution in [0.25, 0.3) is 0 Å². The first kappa shape index (κ1) is 15.9. The van der Waals surface area contributed by atoms with E-state index < -0.39 is 0 Å². The highest BCUT2D eigenvalue weighted by Crippen LogP contribution is 2.36. The van der Waals surface area contributed by atoms with Crippen LogP contribution in [0.15, 0.2) is 30.3 Å². The number of carbonyl (C=O) groups is 1. The van der Waals surface area contributed by atoms with Gasteiger partial charge in [0, 0.05) is 25.0 Å². The third kappa shape index (κ3) is 3.28. The van der Waals surface area contributed by atoms with Crippen LogP contribution in [0.4, 0.5) is 4.79 Å². The molecule has 5 nitrogen and oxygen atoms in total. The highest BCUT2D eigenvalue weighted by molar-refractivity contribution is 5.68. The Morgan fingerprint density at radius 1 is 1.21 bits per heavy atom. The molecule has 2 unspecified atom stereocenters. The molecule has 2 atom stereocenters. The fourth-order valence-electron chi connectivity index (χ4n) is 4.22. The van der Waals surface area contributed by atoms with Gasteiger partial charge in [0.15, 0.2) is 0 Å². The van der Waals surface area contributed by atoms with E-state index in [2.05, 4.69) is 5.32 Å². The maximum Gasteiger partial charge on any atom is 0.410 e. The van der Waals surface area contributed by atoms with Gasteiger partial charge in [-0.25, -0.2) is 4.79 Å². The summed E-state index contributed by atoms with van der Waals surface area (Å²) < 4.78 is 11.7. The van der Waals surface area contributed by atoms with E-state index in [0.29, 0.717) is 18.6 Å².